The minimum absolute atomic E-state index is 0.00144. The average molecular weight is 561 g/mol. The number of sulfone groups is 2. The first kappa shape index (κ1) is 26.7. The van der Waals surface area contributed by atoms with Gasteiger partial charge in [0, 0.05) is 56.8 Å². The van der Waals surface area contributed by atoms with Crippen molar-refractivity contribution < 1.29 is 21.2 Å². The molecule has 35 heavy (non-hydrogen) atoms. The molecule has 4 heterocycles. The zero-order valence-electron chi connectivity index (χ0n) is 18.3. The van der Waals surface area contributed by atoms with Gasteiger partial charge in [-0.1, -0.05) is 23.2 Å². The number of pyridine rings is 2. The van der Waals surface area contributed by atoms with Crippen molar-refractivity contribution in [2.45, 2.75) is 21.0 Å². The number of aryl methyl sites for hydroxylation is 2. The Hall–Kier alpha value is -2.87. The van der Waals surface area contributed by atoms with Crippen LogP contribution in [0, 0.1) is 0 Å². The Bertz CT molecular complexity index is 1510. The second-order valence-electron chi connectivity index (χ2n) is 7.17. The highest BCUT2D eigenvalue weighted by molar-refractivity contribution is 7.91. The van der Waals surface area contributed by atoms with Crippen LogP contribution in [-0.4, -0.2) is 46.4 Å². The topological polar surface area (TPSA) is 130 Å². The van der Waals surface area contributed by atoms with Gasteiger partial charge >= 0.3 is 0 Å². The van der Waals surface area contributed by atoms with Crippen LogP contribution < -0.4 is 0 Å². The lowest BCUT2D eigenvalue weighted by Crippen LogP contribution is -2.09. The molecule has 0 spiro atoms. The van der Waals surface area contributed by atoms with Gasteiger partial charge in [-0.2, -0.15) is 10.2 Å². The van der Waals surface area contributed by atoms with Crippen molar-refractivity contribution in [2.24, 2.45) is 14.1 Å². The van der Waals surface area contributed by atoms with Crippen LogP contribution >= 0.6 is 23.2 Å². The van der Waals surface area contributed by atoms with Gasteiger partial charge in [0.15, 0.2) is 20.1 Å². The number of nitrogens with zero attached hydrogens (tertiary/aromatic N) is 6. The second kappa shape index (κ2) is 10.8. The van der Waals surface area contributed by atoms with Gasteiger partial charge in [0.05, 0.1) is 5.75 Å². The normalized spacial score (nSPS) is 12.6. The summed E-state index contributed by atoms with van der Waals surface area (Å²) in [5, 5.41) is 7.25. The van der Waals surface area contributed by atoms with Crippen LogP contribution in [0.2, 0.25) is 10.3 Å². The summed E-state index contributed by atoms with van der Waals surface area (Å²) in [6, 6.07) is 5.91. The minimum atomic E-state index is -4.21. The number of aromatic nitrogens is 6. The average Bonchev–Trinajstić information content (AvgIpc) is 3.35. The van der Waals surface area contributed by atoms with Crippen molar-refractivity contribution in [1.82, 2.24) is 29.5 Å². The Kier molecular flexibility index (Phi) is 8.26. The Morgan fingerprint density at radius 1 is 0.829 bits per heavy atom. The molecule has 0 aliphatic heterocycles. The van der Waals surface area contributed by atoms with E-state index in [2.05, 4.69) is 20.2 Å². The van der Waals surface area contributed by atoms with Crippen LogP contribution in [0.1, 0.15) is 16.6 Å². The molecule has 4 aromatic heterocycles. The summed E-state index contributed by atoms with van der Waals surface area (Å²) in [4.78, 5) is 7.26. The molecular weight excluding hydrogens is 542 g/mol. The fraction of sp³-hybridized carbons (Fsp3) is 0.200. The van der Waals surface area contributed by atoms with Gasteiger partial charge in [-0.05, 0) is 29.8 Å². The van der Waals surface area contributed by atoms with Crippen LogP contribution in [0.4, 0.5) is 4.39 Å². The molecule has 0 N–H and O–H groups in total. The summed E-state index contributed by atoms with van der Waals surface area (Å²) >= 11 is 11.4. The fourth-order valence-electron chi connectivity index (χ4n) is 2.86. The third kappa shape index (κ3) is 6.42. The molecule has 0 amide bonds. The Labute approximate surface area is 211 Å². The van der Waals surface area contributed by atoms with Crippen LogP contribution in [0.15, 0.2) is 71.2 Å². The number of hydrogen-bond acceptors (Lipinski definition) is 8. The van der Waals surface area contributed by atoms with E-state index in [0.717, 1.165) is 0 Å². The molecule has 10 nitrogen and oxygen atoms in total. The van der Waals surface area contributed by atoms with Crippen LogP contribution in [0.5, 0.6) is 0 Å². The van der Waals surface area contributed by atoms with Crippen molar-refractivity contribution in [3.63, 3.8) is 0 Å². The Balaban J connectivity index is 0.000000196. The monoisotopic (exact) mass is 560 g/mol. The molecule has 0 radical (unpaired) electrons. The molecule has 0 saturated carbocycles. The van der Waals surface area contributed by atoms with Crippen LogP contribution in [0.25, 0.3) is 0 Å². The predicted octanol–water partition coefficient (Wildman–Crippen LogP) is 3.35. The number of alkyl halides is 1. The molecule has 0 aliphatic rings. The molecule has 4 aromatic rings. The molecule has 0 aliphatic carbocycles. The maximum Gasteiger partial charge on any atom is 0.230 e. The molecule has 186 valence electrons. The maximum absolute atomic E-state index is 14.1. The third-order valence-electron chi connectivity index (χ3n) is 4.49. The highest BCUT2D eigenvalue weighted by Crippen LogP contribution is 2.32. The molecule has 0 saturated heterocycles. The first-order valence-electron chi connectivity index (χ1n) is 9.69. The van der Waals surface area contributed by atoms with Gasteiger partial charge in [-0.25, -0.2) is 21.2 Å². The van der Waals surface area contributed by atoms with Gasteiger partial charge in [0.2, 0.25) is 15.3 Å². The molecule has 0 fully saturated rings. The molecule has 4 rings (SSSR count). The molecule has 0 bridgehead atoms. The van der Waals surface area contributed by atoms with Gasteiger partial charge < -0.3 is 0 Å². The summed E-state index contributed by atoms with van der Waals surface area (Å²) in [6.45, 7) is 0. The van der Waals surface area contributed by atoms with Crippen molar-refractivity contribution in [1.29, 1.82) is 0 Å². The van der Waals surface area contributed by atoms with E-state index in [0.29, 0.717) is 5.56 Å². The maximum atomic E-state index is 14.1. The largest absolute Gasteiger partial charge is 0.273 e. The standard InChI is InChI=1S/C10H9ClFN3O2S.C10H10ClN3O2S/c1-15-6-8(9(11)14-15)18(16,17)10(12)7-2-4-13-5-3-7;1-14-6-9(10(11)13-14)17(15,16)7-8-2-4-12-5-3-8/h2-6,10H,1H3;2-6H,7H2,1H3. The first-order valence-corrected chi connectivity index (χ1v) is 13.6. The summed E-state index contributed by atoms with van der Waals surface area (Å²) in [7, 11) is -4.55. The molecule has 0 aromatic carbocycles. The van der Waals surface area contributed by atoms with Crippen molar-refractivity contribution in [2.75, 3.05) is 0 Å². The van der Waals surface area contributed by atoms with Crippen molar-refractivity contribution in [3.05, 3.63) is 82.9 Å². The van der Waals surface area contributed by atoms with Crippen molar-refractivity contribution >= 4 is 42.9 Å². The highest BCUT2D eigenvalue weighted by Gasteiger charge is 2.32. The van der Waals surface area contributed by atoms with Gasteiger partial charge in [-0.15, -0.1) is 0 Å². The smallest absolute Gasteiger partial charge is 0.230 e. The lowest BCUT2D eigenvalue weighted by atomic mass is 10.3. The molecule has 1 unspecified atom stereocenters. The van der Waals surface area contributed by atoms with Crippen LogP contribution in [-0.2, 0) is 39.5 Å². The van der Waals surface area contributed by atoms with E-state index in [9.17, 15) is 21.2 Å². The number of rotatable bonds is 6. The summed E-state index contributed by atoms with van der Waals surface area (Å²) < 4.78 is 64.9. The minimum Gasteiger partial charge on any atom is -0.273 e. The van der Waals surface area contributed by atoms with Crippen LogP contribution in [0.3, 0.4) is 0 Å². The quantitative estimate of drug-likeness (QED) is 0.351. The fourth-order valence-corrected chi connectivity index (χ4v) is 6.58. The molecular formula is C20H19Cl2FN6O4S2. The zero-order chi connectivity index (χ0) is 25.8. The van der Waals surface area contributed by atoms with E-state index in [1.807, 2.05) is 0 Å². The SMILES string of the molecule is Cn1cc(S(=O)(=O)C(F)c2ccncc2)c(Cl)n1.Cn1cc(S(=O)(=O)Cc2ccncc2)c(Cl)n1. The lowest BCUT2D eigenvalue weighted by Gasteiger charge is -2.08. The van der Waals surface area contributed by atoms with E-state index in [-0.39, 0.29) is 31.4 Å². The second-order valence-corrected chi connectivity index (χ2v) is 11.8. The van der Waals surface area contributed by atoms with E-state index in [1.165, 1.54) is 53.3 Å². The van der Waals surface area contributed by atoms with Gasteiger partial charge in [0.1, 0.15) is 9.79 Å². The van der Waals surface area contributed by atoms with Gasteiger partial charge in [-0.3, -0.25) is 19.3 Å². The first-order chi connectivity index (χ1) is 16.4. The third-order valence-corrected chi connectivity index (χ3v) is 8.69. The Morgan fingerprint density at radius 3 is 1.74 bits per heavy atom. The van der Waals surface area contributed by atoms with Crippen molar-refractivity contribution in [3.8, 4) is 0 Å². The summed E-state index contributed by atoms with van der Waals surface area (Å²) in [5.41, 5.74) is -1.52. The van der Waals surface area contributed by atoms with Gasteiger partial charge in [0.25, 0.3) is 0 Å². The highest BCUT2D eigenvalue weighted by atomic mass is 35.5. The lowest BCUT2D eigenvalue weighted by molar-refractivity contribution is 0.430. The number of halogens is 3. The molecule has 1 atom stereocenters. The summed E-state index contributed by atoms with van der Waals surface area (Å²) in [6.07, 6.45) is 8.32. The van der Waals surface area contributed by atoms with E-state index < -0.39 is 25.2 Å². The molecule has 15 heteroatoms. The Morgan fingerprint density at radius 2 is 1.29 bits per heavy atom. The number of hydrogen-bond donors (Lipinski definition) is 0. The van der Waals surface area contributed by atoms with E-state index in [4.69, 9.17) is 23.2 Å². The van der Waals surface area contributed by atoms with E-state index in [1.54, 1.807) is 31.6 Å². The van der Waals surface area contributed by atoms with E-state index >= 15 is 0 Å². The summed E-state index contributed by atoms with van der Waals surface area (Å²) in [5.74, 6) is -0.110. The predicted molar refractivity (Wildman–Crippen MR) is 127 cm³/mol. The zero-order valence-corrected chi connectivity index (χ0v) is 21.5.